The van der Waals surface area contributed by atoms with Crippen molar-refractivity contribution in [3.63, 3.8) is 0 Å². The Bertz CT molecular complexity index is 252. The lowest BCUT2D eigenvalue weighted by Crippen LogP contribution is -2.39. The molecule has 0 aromatic heterocycles. The Morgan fingerprint density at radius 2 is 1.82 bits per heavy atom. The van der Waals surface area contributed by atoms with Gasteiger partial charge < -0.3 is 5.11 Å². The number of aliphatic hydroxyl groups excluding tert-OH is 1. The van der Waals surface area contributed by atoms with Gasteiger partial charge in [-0.15, -0.1) is 0 Å². The fraction of sp³-hybridized carbons (Fsp3) is 0.833. The number of nitrogens with zero attached hydrogens (tertiary/aromatic N) is 2. The Morgan fingerprint density at radius 3 is 2.35 bits per heavy atom. The lowest BCUT2D eigenvalue weighted by atomic mass is 10.3. The Hall–Kier alpha value is -0.940. The topological polar surface area (TPSA) is 60.9 Å². The molecule has 0 saturated carbocycles. The smallest absolute Gasteiger partial charge is 0.229 e. The zero-order chi connectivity index (χ0) is 12.7. The average molecular weight is 242 g/mol. The van der Waals surface area contributed by atoms with Crippen LogP contribution in [-0.4, -0.2) is 59.5 Å². The predicted octanol–water partition coefficient (Wildman–Crippen LogP) is 0.230. The molecule has 1 saturated heterocycles. The molecule has 1 rings (SSSR count). The van der Waals surface area contributed by atoms with Crippen LogP contribution in [0.15, 0.2) is 0 Å². The van der Waals surface area contributed by atoms with Crippen LogP contribution < -0.4 is 0 Å². The van der Waals surface area contributed by atoms with Crippen LogP contribution in [0.3, 0.4) is 0 Å². The molecule has 0 aromatic carbocycles. The van der Waals surface area contributed by atoms with Gasteiger partial charge in [-0.3, -0.25) is 19.4 Å². The molecule has 1 aliphatic heterocycles. The molecule has 2 amide bonds. The SMILES string of the molecule is CCCCN(CCO)CCN1C(=O)CCC1=O. The highest BCUT2D eigenvalue weighted by Gasteiger charge is 2.28. The normalized spacial score (nSPS) is 16.3. The summed E-state index contributed by atoms with van der Waals surface area (Å²) in [5.74, 6) is -0.121. The number of rotatable bonds is 8. The zero-order valence-electron chi connectivity index (χ0n) is 10.5. The second-order valence-corrected chi connectivity index (χ2v) is 4.36. The highest BCUT2D eigenvalue weighted by Crippen LogP contribution is 2.11. The van der Waals surface area contributed by atoms with Crippen molar-refractivity contribution >= 4 is 11.8 Å². The number of amides is 2. The molecule has 5 heteroatoms. The van der Waals surface area contributed by atoms with Crippen LogP contribution in [0, 0.1) is 0 Å². The van der Waals surface area contributed by atoms with Crippen molar-refractivity contribution in [2.24, 2.45) is 0 Å². The fourth-order valence-electron chi connectivity index (χ4n) is 1.97. The Balaban J connectivity index is 2.34. The monoisotopic (exact) mass is 242 g/mol. The third-order valence-corrected chi connectivity index (χ3v) is 3.04. The molecule has 1 fully saturated rings. The van der Waals surface area contributed by atoms with Crippen molar-refractivity contribution in [1.29, 1.82) is 0 Å². The molecule has 0 unspecified atom stereocenters. The minimum absolute atomic E-state index is 0.0607. The maximum atomic E-state index is 11.4. The summed E-state index contributed by atoms with van der Waals surface area (Å²) in [4.78, 5) is 26.3. The van der Waals surface area contributed by atoms with Gasteiger partial charge in [0.15, 0.2) is 0 Å². The molecular weight excluding hydrogens is 220 g/mol. The van der Waals surface area contributed by atoms with E-state index in [4.69, 9.17) is 5.11 Å². The summed E-state index contributed by atoms with van der Waals surface area (Å²) < 4.78 is 0. The molecule has 5 nitrogen and oxygen atoms in total. The highest BCUT2D eigenvalue weighted by atomic mass is 16.3. The summed E-state index contributed by atoms with van der Waals surface area (Å²) in [6.45, 7) is 4.87. The van der Waals surface area contributed by atoms with Gasteiger partial charge in [0.2, 0.25) is 11.8 Å². The van der Waals surface area contributed by atoms with Gasteiger partial charge in [0.05, 0.1) is 6.61 Å². The first-order valence-electron chi connectivity index (χ1n) is 6.35. The van der Waals surface area contributed by atoms with Crippen LogP contribution in [0.25, 0.3) is 0 Å². The van der Waals surface area contributed by atoms with Gasteiger partial charge in [0.1, 0.15) is 0 Å². The number of carbonyl (C=O) groups is 2. The molecule has 0 radical (unpaired) electrons. The maximum Gasteiger partial charge on any atom is 0.229 e. The van der Waals surface area contributed by atoms with E-state index >= 15 is 0 Å². The number of carbonyl (C=O) groups excluding carboxylic acids is 2. The lowest BCUT2D eigenvalue weighted by molar-refractivity contribution is -0.138. The molecule has 0 atom stereocenters. The van der Waals surface area contributed by atoms with E-state index in [0.29, 0.717) is 32.5 Å². The van der Waals surface area contributed by atoms with Crippen molar-refractivity contribution in [2.75, 3.05) is 32.8 Å². The van der Waals surface area contributed by atoms with E-state index in [0.717, 1.165) is 19.4 Å². The first-order valence-corrected chi connectivity index (χ1v) is 6.35. The van der Waals surface area contributed by atoms with Gasteiger partial charge in [-0.2, -0.15) is 0 Å². The van der Waals surface area contributed by atoms with Crippen LogP contribution >= 0.6 is 0 Å². The number of likely N-dealkylation sites (tertiary alicyclic amines) is 1. The van der Waals surface area contributed by atoms with E-state index < -0.39 is 0 Å². The van der Waals surface area contributed by atoms with Gasteiger partial charge in [0, 0.05) is 32.5 Å². The molecule has 0 spiro atoms. The Kier molecular flexibility index (Phi) is 6.15. The largest absolute Gasteiger partial charge is 0.395 e. The van der Waals surface area contributed by atoms with Crippen molar-refractivity contribution in [1.82, 2.24) is 9.80 Å². The summed E-state index contributed by atoms with van der Waals surface area (Å²) >= 11 is 0. The van der Waals surface area contributed by atoms with Crippen molar-refractivity contribution < 1.29 is 14.7 Å². The van der Waals surface area contributed by atoms with Gasteiger partial charge in [-0.05, 0) is 13.0 Å². The minimum Gasteiger partial charge on any atom is -0.395 e. The van der Waals surface area contributed by atoms with E-state index in [-0.39, 0.29) is 18.4 Å². The van der Waals surface area contributed by atoms with Gasteiger partial charge in [0.25, 0.3) is 0 Å². The first-order chi connectivity index (χ1) is 8.19. The summed E-state index contributed by atoms with van der Waals surface area (Å²) in [6, 6.07) is 0. The standard InChI is InChI=1S/C12H22N2O3/c1-2-3-6-13(9-10-15)7-8-14-11(16)4-5-12(14)17/h15H,2-10H2,1H3. The van der Waals surface area contributed by atoms with Gasteiger partial charge >= 0.3 is 0 Å². The number of aliphatic hydroxyl groups is 1. The van der Waals surface area contributed by atoms with Gasteiger partial charge in [-0.25, -0.2) is 0 Å². The summed E-state index contributed by atoms with van der Waals surface area (Å²) in [5, 5.41) is 8.94. The van der Waals surface area contributed by atoms with E-state index in [1.165, 1.54) is 4.90 Å². The predicted molar refractivity (Wildman–Crippen MR) is 64.4 cm³/mol. The fourth-order valence-corrected chi connectivity index (χ4v) is 1.97. The van der Waals surface area contributed by atoms with Crippen LogP contribution in [-0.2, 0) is 9.59 Å². The summed E-state index contributed by atoms with van der Waals surface area (Å²) in [5.41, 5.74) is 0. The molecule has 1 heterocycles. The number of imide groups is 1. The van der Waals surface area contributed by atoms with Crippen LogP contribution in [0.5, 0.6) is 0 Å². The second kappa shape index (κ2) is 7.40. The van der Waals surface area contributed by atoms with E-state index in [2.05, 4.69) is 11.8 Å². The van der Waals surface area contributed by atoms with Crippen LogP contribution in [0.4, 0.5) is 0 Å². The van der Waals surface area contributed by atoms with Crippen LogP contribution in [0.1, 0.15) is 32.6 Å². The van der Waals surface area contributed by atoms with Crippen molar-refractivity contribution in [3.8, 4) is 0 Å². The number of unbranched alkanes of at least 4 members (excludes halogenated alkanes) is 1. The zero-order valence-corrected chi connectivity index (χ0v) is 10.5. The molecule has 17 heavy (non-hydrogen) atoms. The first kappa shape index (κ1) is 14.1. The average Bonchev–Trinajstić information content (AvgIpc) is 2.63. The maximum absolute atomic E-state index is 11.4. The molecule has 1 N–H and O–H groups in total. The van der Waals surface area contributed by atoms with E-state index in [9.17, 15) is 9.59 Å². The summed E-state index contributed by atoms with van der Waals surface area (Å²) in [7, 11) is 0. The molecule has 0 aliphatic carbocycles. The lowest BCUT2D eigenvalue weighted by Gasteiger charge is -2.23. The van der Waals surface area contributed by atoms with Crippen molar-refractivity contribution in [3.05, 3.63) is 0 Å². The molecular formula is C12H22N2O3. The summed E-state index contributed by atoms with van der Waals surface area (Å²) in [6.07, 6.45) is 2.88. The van der Waals surface area contributed by atoms with Gasteiger partial charge in [-0.1, -0.05) is 13.3 Å². The van der Waals surface area contributed by atoms with Crippen molar-refractivity contribution in [2.45, 2.75) is 32.6 Å². The number of hydrogen-bond donors (Lipinski definition) is 1. The quantitative estimate of drug-likeness (QED) is 0.619. The van der Waals surface area contributed by atoms with Crippen LogP contribution in [0.2, 0.25) is 0 Å². The Morgan fingerprint density at radius 1 is 1.18 bits per heavy atom. The highest BCUT2D eigenvalue weighted by molar-refractivity contribution is 6.01. The molecule has 0 bridgehead atoms. The van der Waals surface area contributed by atoms with E-state index in [1.807, 2.05) is 0 Å². The van der Waals surface area contributed by atoms with E-state index in [1.54, 1.807) is 0 Å². The number of hydrogen-bond acceptors (Lipinski definition) is 4. The minimum atomic E-state index is -0.0607. The third-order valence-electron chi connectivity index (χ3n) is 3.04. The second-order valence-electron chi connectivity index (χ2n) is 4.36. The molecule has 1 aliphatic rings. The Labute approximate surface area is 102 Å². The molecule has 98 valence electrons. The molecule has 0 aromatic rings. The third kappa shape index (κ3) is 4.44.